The van der Waals surface area contributed by atoms with Crippen LogP contribution >= 0.6 is 0 Å². The minimum absolute atomic E-state index is 0.461. The molecule has 3 aromatic rings. The molecular formula is C17H13N3O. The molecule has 3 rings (SSSR count). The molecule has 0 N–H and O–H groups in total. The Morgan fingerprint density at radius 3 is 2.67 bits per heavy atom. The third-order valence-electron chi connectivity index (χ3n) is 3.32. The first kappa shape index (κ1) is 13.1. The summed E-state index contributed by atoms with van der Waals surface area (Å²) in [5.74, 6) is 0.263. The molecule has 0 saturated heterocycles. The van der Waals surface area contributed by atoms with Gasteiger partial charge in [0.2, 0.25) is 0 Å². The summed E-state index contributed by atoms with van der Waals surface area (Å²) in [6.07, 6.45) is 1.66. The number of nitrogens with zero attached hydrogens (tertiary/aromatic N) is 3. The Morgan fingerprint density at radius 2 is 1.90 bits per heavy atom. The number of methoxy groups -OCH3 is 1. The monoisotopic (exact) mass is 275 g/mol. The topological polar surface area (TPSA) is 58.8 Å². The van der Waals surface area contributed by atoms with Gasteiger partial charge in [-0.2, -0.15) is 5.26 Å². The van der Waals surface area contributed by atoms with Gasteiger partial charge in [-0.25, -0.2) is 4.98 Å². The molecule has 1 atom stereocenters. The number of aromatic nitrogens is 2. The molecule has 0 saturated carbocycles. The highest BCUT2D eigenvalue weighted by molar-refractivity contribution is 5.73. The molecule has 0 fully saturated rings. The van der Waals surface area contributed by atoms with E-state index in [0.717, 1.165) is 22.3 Å². The normalized spacial score (nSPS) is 11.8. The Balaban J connectivity index is 2.07. The average molecular weight is 275 g/mol. The molecule has 21 heavy (non-hydrogen) atoms. The summed E-state index contributed by atoms with van der Waals surface area (Å²) in [6, 6.07) is 17.4. The zero-order chi connectivity index (χ0) is 14.7. The lowest BCUT2D eigenvalue weighted by atomic mass is 9.97. The Bertz CT molecular complexity index is 823. The standard InChI is InChI=1S/C17H13N3O/c1-21-13-6-4-5-12(9-13)14(10-18)17-11-19-15-7-2-3-8-16(15)20-17/h2-9,11,14H,1H3/t14-/m0/s1. The second kappa shape index (κ2) is 5.59. The van der Waals surface area contributed by atoms with E-state index in [1.165, 1.54) is 0 Å². The van der Waals surface area contributed by atoms with Crippen molar-refractivity contribution in [3.05, 3.63) is 66.0 Å². The first-order chi connectivity index (χ1) is 10.3. The van der Waals surface area contributed by atoms with Crippen molar-refractivity contribution in [1.82, 2.24) is 9.97 Å². The van der Waals surface area contributed by atoms with Crippen LogP contribution in [0.25, 0.3) is 11.0 Å². The Morgan fingerprint density at radius 1 is 1.10 bits per heavy atom. The number of nitriles is 1. The van der Waals surface area contributed by atoms with Gasteiger partial charge >= 0.3 is 0 Å². The average Bonchev–Trinajstić information content (AvgIpc) is 2.56. The summed E-state index contributed by atoms with van der Waals surface area (Å²) in [6.45, 7) is 0. The molecule has 0 unspecified atom stereocenters. The number of rotatable bonds is 3. The smallest absolute Gasteiger partial charge is 0.119 e. The van der Waals surface area contributed by atoms with Crippen LogP contribution in [0.1, 0.15) is 17.2 Å². The van der Waals surface area contributed by atoms with Gasteiger partial charge in [0.15, 0.2) is 0 Å². The van der Waals surface area contributed by atoms with Gasteiger partial charge in [-0.15, -0.1) is 0 Å². The number of benzene rings is 2. The highest BCUT2D eigenvalue weighted by Gasteiger charge is 2.16. The van der Waals surface area contributed by atoms with Crippen molar-refractivity contribution >= 4 is 11.0 Å². The number of hydrogen-bond donors (Lipinski definition) is 0. The zero-order valence-electron chi connectivity index (χ0n) is 11.5. The summed E-state index contributed by atoms with van der Waals surface area (Å²) in [4.78, 5) is 8.93. The highest BCUT2D eigenvalue weighted by atomic mass is 16.5. The summed E-state index contributed by atoms with van der Waals surface area (Å²) >= 11 is 0. The van der Waals surface area contributed by atoms with Crippen molar-refractivity contribution in [2.45, 2.75) is 5.92 Å². The van der Waals surface area contributed by atoms with E-state index in [0.29, 0.717) is 5.69 Å². The van der Waals surface area contributed by atoms with E-state index in [1.54, 1.807) is 13.3 Å². The third-order valence-corrected chi connectivity index (χ3v) is 3.32. The Hall–Kier alpha value is -2.93. The minimum atomic E-state index is -0.461. The SMILES string of the molecule is COc1cccc([C@H](C#N)c2cnc3ccccc3n2)c1. The van der Waals surface area contributed by atoms with E-state index in [2.05, 4.69) is 16.0 Å². The maximum Gasteiger partial charge on any atom is 0.119 e. The summed E-state index contributed by atoms with van der Waals surface area (Å²) in [5, 5.41) is 9.51. The van der Waals surface area contributed by atoms with Crippen molar-refractivity contribution in [3.8, 4) is 11.8 Å². The Kier molecular flexibility index (Phi) is 3.48. The number of ether oxygens (including phenoxy) is 1. The van der Waals surface area contributed by atoms with E-state index < -0.39 is 5.92 Å². The molecule has 2 aromatic carbocycles. The third kappa shape index (κ3) is 2.54. The van der Waals surface area contributed by atoms with Gasteiger partial charge in [-0.3, -0.25) is 4.98 Å². The van der Waals surface area contributed by atoms with Gasteiger partial charge in [0, 0.05) is 0 Å². The lowest BCUT2D eigenvalue weighted by Gasteiger charge is -2.10. The van der Waals surface area contributed by atoms with Crippen LogP contribution in [-0.4, -0.2) is 17.1 Å². The van der Waals surface area contributed by atoms with Gasteiger partial charge in [0.25, 0.3) is 0 Å². The van der Waals surface area contributed by atoms with Crippen LogP contribution in [0.4, 0.5) is 0 Å². The summed E-state index contributed by atoms with van der Waals surface area (Å²) in [7, 11) is 1.61. The van der Waals surface area contributed by atoms with Crippen molar-refractivity contribution in [2.75, 3.05) is 7.11 Å². The van der Waals surface area contributed by atoms with Gasteiger partial charge in [0.1, 0.15) is 11.7 Å². The van der Waals surface area contributed by atoms with E-state index in [4.69, 9.17) is 4.74 Å². The molecule has 0 aliphatic heterocycles. The van der Waals surface area contributed by atoms with E-state index >= 15 is 0 Å². The largest absolute Gasteiger partial charge is 0.497 e. The molecular weight excluding hydrogens is 262 g/mol. The van der Waals surface area contributed by atoms with Crippen molar-refractivity contribution in [3.63, 3.8) is 0 Å². The fourth-order valence-electron chi connectivity index (χ4n) is 2.24. The second-order valence-electron chi connectivity index (χ2n) is 4.62. The van der Waals surface area contributed by atoms with Crippen LogP contribution in [0, 0.1) is 11.3 Å². The number of hydrogen-bond acceptors (Lipinski definition) is 4. The van der Waals surface area contributed by atoms with Gasteiger partial charge < -0.3 is 4.74 Å². The van der Waals surface area contributed by atoms with Crippen LogP contribution in [0.15, 0.2) is 54.7 Å². The summed E-state index contributed by atoms with van der Waals surface area (Å²) < 4.78 is 5.21. The van der Waals surface area contributed by atoms with Crippen LogP contribution in [-0.2, 0) is 0 Å². The number of fused-ring (bicyclic) bond motifs is 1. The van der Waals surface area contributed by atoms with Gasteiger partial charge in [0.05, 0.1) is 36.1 Å². The molecule has 0 aliphatic rings. The lowest BCUT2D eigenvalue weighted by Crippen LogP contribution is -2.02. The molecule has 1 aromatic heterocycles. The second-order valence-corrected chi connectivity index (χ2v) is 4.62. The Labute approximate surface area is 122 Å². The van der Waals surface area contributed by atoms with Crippen LogP contribution in [0.3, 0.4) is 0 Å². The van der Waals surface area contributed by atoms with Crippen molar-refractivity contribution < 1.29 is 4.74 Å². The number of para-hydroxylation sites is 2. The van der Waals surface area contributed by atoms with E-state index in [-0.39, 0.29) is 0 Å². The highest BCUT2D eigenvalue weighted by Crippen LogP contribution is 2.26. The maximum absolute atomic E-state index is 9.51. The molecule has 4 heteroatoms. The van der Waals surface area contributed by atoms with Crippen LogP contribution < -0.4 is 4.74 Å². The molecule has 4 nitrogen and oxygen atoms in total. The van der Waals surface area contributed by atoms with Crippen molar-refractivity contribution in [2.24, 2.45) is 0 Å². The first-order valence-electron chi connectivity index (χ1n) is 6.57. The lowest BCUT2D eigenvalue weighted by molar-refractivity contribution is 0.414. The fraction of sp³-hybridized carbons (Fsp3) is 0.118. The maximum atomic E-state index is 9.51. The fourth-order valence-corrected chi connectivity index (χ4v) is 2.24. The quantitative estimate of drug-likeness (QED) is 0.736. The predicted molar refractivity (Wildman–Crippen MR) is 80.0 cm³/mol. The van der Waals surface area contributed by atoms with Gasteiger partial charge in [-0.05, 0) is 29.8 Å². The molecule has 1 heterocycles. The predicted octanol–water partition coefficient (Wildman–Crippen LogP) is 3.29. The molecule has 0 spiro atoms. The molecule has 102 valence electrons. The van der Waals surface area contributed by atoms with Crippen LogP contribution in [0.2, 0.25) is 0 Å². The molecule has 0 radical (unpaired) electrons. The van der Waals surface area contributed by atoms with Crippen molar-refractivity contribution in [1.29, 1.82) is 5.26 Å². The molecule has 0 aliphatic carbocycles. The first-order valence-corrected chi connectivity index (χ1v) is 6.57. The molecule has 0 bridgehead atoms. The van der Waals surface area contributed by atoms with Gasteiger partial charge in [-0.1, -0.05) is 24.3 Å². The minimum Gasteiger partial charge on any atom is -0.497 e. The zero-order valence-corrected chi connectivity index (χ0v) is 11.5. The van der Waals surface area contributed by atoms with E-state index in [9.17, 15) is 5.26 Å². The summed E-state index contributed by atoms with van der Waals surface area (Å²) in [5.41, 5.74) is 3.10. The molecule has 0 amide bonds. The van der Waals surface area contributed by atoms with E-state index in [1.807, 2.05) is 48.5 Å². The van der Waals surface area contributed by atoms with Crippen LogP contribution in [0.5, 0.6) is 5.75 Å².